The van der Waals surface area contributed by atoms with Crippen molar-refractivity contribution in [3.63, 3.8) is 0 Å². The van der Waals surface area contributed by atoms with Gasteiger partial charge in [-0.2, -0.15) is 0 Å². The number of hydrogen-bond acceptors (Lipinski definition) is 4. The molecule has 4 nitrogen and oxygen atoms in total. The third kappa shape index (κ3) is 3.99. The van der Waals surface area contributed by atoms with E-state index in [4.69, 9.17) is 39.9 Å². The molecule has 0 aliphatic heterocycles. The molecule has 0 aliphatic carbocycles. The minimum absolute atomic E-state index is 0.0523. The largest absolute Gasteiger partial charge is 0.481 e. The van der Waals surface area contributed by atoms with E-state index in [0.29, 0.717) is 32.3 Å². The number of carboxylic acids is 1. The van der Waals surface area contributed by atoms with Crippen molar-refractivity contribution in [3.05, 3.63) is 38.3 Å². The van der Waals surface area contributed by atoms with Crippen LogP contribution >= 0.6 is 46.1 Å². The van der Waals surface area contributed by atoms with Crippen molar-refractivity contribution < 1.29 is 9.90 Å². The number of hydrogen-bond donors (Lipinski definition) is 2. The molecule has 106 valence electrons. The van der Waals surface area contributed by atoms with Crippen molar-refractivity contribution >= 4 is 62.9 Å². The van der Waals surface area contributed by atoms with Crippen LogP contribution in [0.2, 0.25) is 15.1 Å². The quantitative estimate of drug-likeness (QED) is 0.755. The van der Waals surface area contributed by atoms with Crippen LogP contribution in [0.5, 0.6) is 0 Å². The van der Waals surface area contributed by atoms with E-state index in [2.05, 4.69) is 10.3 Å². The summed E-state index contributed by atoms with van der Waals surface area (Å²) in [6.07, 6.45) is 0.444. The number of carbonyl (C=O) groups is 1. The molecule has 0 aliphatic rings. The topological polar surface area (TPSA) is 62.2 Å². The highest BCUT2D eigenvalue weighted by Gasteiger charge is 2.09. The number of aryl methyl sites for hydroxylation is 1. The zero-order valence-electron chi connectivity index (χ0n) is 9.99. The van der Waals surface area contributed by atoms with E-state index in [1.165, 1.54) is 11.3 Å². The van der Waals surface area contributed by atoms with Gasteiger partial charge in [-0.15, -0.1) is 11.3 Å². The normalized spacial score (nSPS) is 10.6. The average Bonchev–Trinajstić information content (AvgIpc) is 2.81. The van der Waals surface area contributed by atoms with E-state index >= 15 is 0 Å². The Hall–Kier alpha value is -1.01. The standard InChI is InChI=1S/C12H9Cl3N2O2S/c13-7-3-9(15)10(4-8(7)14)17-12-16-6(5-20-12)1-2-11(18)19/h3-5H,1-2H2,(H,16,17)(H,18,19). The molecule has 20 heavy (non-hydrogen) atoms. The maximum atomic E-state index is 10.5. The SMILES string of the molecule is O=C(O)CCc1csc(Nc2cc(Cl)c(Cl)cc2Cl)n1. The number of thiazole rings is 1. The van der Waals surface area contributed by atoms with Crippen molar-refractivity contribution in [1.82, 2.24) is 4.98 Å². The minimum atomic E-state index is -0.847. The van der Waals surface area contributed by atoms with Gasteiger partial charge in [0, 0.05) is 11.8 Å². The maximum absolute atomic E-state index is 10.5. The predicted octanol–water partition coefficient (Wildman–Crippen LogP) is 4.86. The number of rotatable bonds is 5. The molecule has 0 atom stereocenters. The number of aliphatic carboxylic acids is 1. The van der Waals surface area contributed by atoms with Crippen molar-refractivity contribution in [2.45, 2.75) is 12.8 Å². The Morgan fingerprint density at radius 3 is 2.65 bits per heavy atom. The molecule has 0 fully saturated rings. The molecule has 0 amide bonds. The Kier molecular flexibility index (Phi) is 5.10. The Morgan fingerprint density at radius 2 is 1.95 bits per heavy atom. The lowest BCUT2D eigenvalue weighted by atomic mass is 10.2. The second-order valence-corrected chi connectivity index (χ2v) is 5.99. The van der Waals surface area contributed by atoms with Gasteiger partial charge in [0.2, 0.25) is 0 Å². The van der Waals surface area contributed by atoms with Gasteiger partial charge in [0.25, 0.3) is 0 Å². The van der Waals surface area contributed by atoms with Crippen LogP contribution in [-0.4, -0.2) is 16.1 Å². The fraction of sp³-hybridized carbons (Fsp3) is 0.167. The van der Waals surface area contributed by atoms with Crippen molar-refractivity contribution in [2.75, 3.05) is 5.32 Å². The molecule has 0 saturated heterocycles. The van der Waals surface area contributed by atoms with Crippen molar-refractivity contribution in [3.8, 4) is 0 Å². The molecular formula is C12H9Cl3N2O2S. The molecule has 0 unspecified atom stereocenters. The van der Waals surface area contributed by atoms with Gasteiger partial charge in [0.15, 0.2) is 5.13 Å². The van der Waals surface area contributed by atoms with Gasteiger partial charge in [-0.1, -0.05) is 34.8 Å². The van der Waals surface area contributed by atoms with Crippen molar-refractivity contribution in [2.24, 2.45) is 0 Å². The lowest BCUT2D eigenvalue weighted by molar-refractivity contribution is -0.136. The van der Waals surface area contributed by atoms with Gasteiger partial charge in [0.1, 0.15) is 0 Å². The monoisotopic (exact) mass is 350 g/mol. The molecule has 8 heteroatoms. The first-order valence-corrected chi connectivity index (χ1v) is 7.55. The average molecular weight is 352 g/mol. The first-order valence-electron chi connectivity index (χ1n) is 5.53. The van der Waals surface area contributed by atoms with Gasteiger partial charge >= 0.3 is 5.97 Å². The van der Waals surface area contributed by atoms with Crippen LogP contribution < -0.4 is 5.32 Å². The summed E-state index contributed by atoms with van der Waals surface area (Å²) in [5, 5.41) is 15.3. The van der Waals surface area contributed by atoms with Crippen LogP contribution in [-0.2, 0) is 11.2 Å². The number of nitrogens with zero attached hydrogens (tertiary/aromatic N) is 1. The minimum Gasteiger partial charge on any atom is -0.481 e. The molecule has 2 N–H and O–H groups in total. The first kappa shape index (κ1) is 15.4. The van der Waals surface area contributed by atoms with Crippen LogP contribution in [0.15, 0.2) is 17.5 Å². The Labute approximate surface area is 134 Å². The van der Waals surface area contributed by atoms with Crippen LogP contribution in [0, 0.1) is 0 Å². The number of aromatic nitrogens is 1. The summed E-state index contributed by atoms with van der Waals surface area (Å²) in [7, 11) is 0. The van der Waals surface area contributed by atoms with E-state index in [9.17, 15) is 4.79 Å². The number of carboxylic acid groups (broad SMARTS) is 1. The van der Waals surface area contributed by atoms with Crippen LogP contribution in [0.25, 0.3) is 0 Å². The molecule has 0 spiro atoms. The molecule has 1 aromatic carbocycles. The molecule has 0 bridgehead atoms. The fourth-order valence-electron chi connectivity index (χ4n) is 1.45. The van der Waals surface area contributed by atoms with E-state index in [1.54, 1.807) is 17.5 Å². The van der Waals surface area contributed by atoms with E-state index in [-0.39, 0.29) is 6.42 Å². The third-order valence-corrected chi connectivity index (χ3v) is 4.24. The van der Waals surface area contributed by atoms with Gasteiger partial charge in [0.05, 0.1) is 32.9 Å². The highest BCUT2D eigenvalue weighted by Crippen LogP contribution is 2.34. The van der Waals surface area contributed by atoms with Gasteiger partial charge in [-0.25, -0.2) is 4.98 Å². The Balaban J connectivity index is 2.10. The Morgan fingerprint density at radius 1 is 1.25 bits per heavy atom. The fourth-order valence-corrected chi connectivity index (χ4v) is 2.80. The zero-order valence-corrected chi connectivity index (χ0v) is 13.1. The zero-order chi connectivity index (χ0) is 14.7. The Bertz CT molecular complexity index is 646. The molecule has 0 radical (unpaired) electrons. The highest BCUT2D eigenvalue weighted by molar-refractivity contribution is 7.13. The third-order valence-electron chi connectivity index (χ3n) is 2.40. The molecule has 2 rings (SSSR count). The number of halogens is 3. The van der Waals surface area contributed by atoms with E-state index in [1.807, 2.05) is 0 Å². The molecule has 2 aromatic rings. The highest BCUT2D eigenvalue weighted by atomic mass is 35.5. The smallest absolute Gasteiger partial charge is 0.303 e. The number of anilines is 2. The van der Waals surface area contributed by atoms with E-state index in [0.717, 1.165) is 5.69 Å². The summed E-state index contributed by atoms with van der Waals surface area (Å²) in [6, 6.07) is 3.16. The summed E-state index contributed by atoms with van der Waals surface area (Å²) in [5.74, 6) is -0.847. The second kappa shape index (κ2) is 6.63. The summed E-state index contributed by atoms with van der Waals surface area (Å²) in [4.78, 5) is 14.8. The molecular weight excluding hydrogens is 343 g/mol. The van der Waals surface area contributed by atoms with E-state index < -0.39 is 5.97 Å². The van der Waals surface area contributed by atoms with Crippen LogP contribution in [0.1, 0.15) is 12.1 Å². The molecule has 1 heterocycles. The van der Waals surface area contributed by atoms with Gasteiger partial charge in [-0.05, 0) is 12.1 Å². The summed E-state index contributed by atoms with van der Waals surface area (Å²) in [6.45, 7) is 0. The summed E-state index contributed by atoms with van der Waals surface area (Å²) in [5.41, 5.74) is 1.32. The van der Waals surface area contributed by atoms with Crippen molar-refractivity contribution in [1.29, 1.82) is 0 Å². The van der Waals surface area contributed by atoms with Crippen LogP contribution in [0.4, 0.5) is 10.8 Å². The lowest BCUT2D eigenvalue weighted by Crippen LogP contribution is -1.98. The molecule has 0 saturated carbocycles. The van der Waals surface area contributed by atoms with Crippen LogP contribution in [0.3, 0.4) is 0 Å². The van der Waals surface area contributed by atoms with Gasteiger partial charge < -0.3 is 10.4 Å². The molecule has 1 aromatic heterocycles. The second-order valence-electron chi connectivity index (χ2n) is 3.91. The maximum Gasteiger partial charge on any atom is 0.303 e. The summed E-state index contributed by atoms with van der Waals surface area (Å²) >= 11 is 19.2. The predicted molar refractivity (Wildman–Crippen MR) is 82.8 cm³/mol. The lowest BCUT2D eigenvalue weighted by Gasteiger charge is -2.06. The van der Waals surface area contributed by atoms with Gasteiger partial charge in [-0.3, -0.25) is 4.79 Å². The number of nitrogens with one attached hydrogen (secondary N) is 1. The number of benzene rings is 1. The first-order chi connectivity index (χ1) is 9.45. The summed E-state index contributed by atoms with van der Waals surface area (Å²) < 4.78 is 0.